The van der Waals surface area contributed by atoms with Crippen LogP contribution >= 0.6 is 0 Å². The van der Waals surface area contributed by atoms with E-state index in [4.69, 9.17) is 9.47 Å². The number of nitrogens with zero attached hydrogens (tertiary/aromatic N) is 2. The Hall–Kier alpha value is -4.38. The summed E-state index contributed by atoms with van der Waals surface area (Å²) in [6.07, 6.45) is 1.40. The number of aryl methyl sites for hydroxylation is 1. The SMILES string of the molecule is CCOc1ccc(S(=O)(=O)N(CC(=O)N/N=C\c2ccc(OCC(=O)OC)cc2)c2ccc(C)cc2)cc1. The Morgan fingerprint density at radius 2 is 1.53 bits per heavy atom. The lowest BCUT2D eigenvalue weighted by molar-refractivity contribution is -0.142. The molecule has 0 aliphatic heterocycles. The molecule has 0 fully saturated rings. The number of carbonyl (C=O) groups is 2. The van der Waals surface area contributed by atoms with E-state index in [2.05, 4.69) is 15.3 Å². The van der Waals surface area contributed by atoms with E-state index in [1.165, 1.54) is 25.5 Å². The van der Waals surface area contributed by atoms with Gasteiger partial charge in [-0.1, -0.05) is 17.7 Å². The molecule has 200 valence electrons. The molecular formula is C27H29N3O7S. The van der Waals surface area contributed by atoms with Gasteiger partial charge in [0, 0.05) is 0 Å². The van der Waals surface area contributed by atoms with Crippen LogP contribution in [0.25, 0.3) is 0 Å². The predicted molar refractivity (Wildman–Crippen MR) is 143 cm³/mol. The van der Waals surface area contributed by atoms with Gasteiger partial charge in [0.1, 0.15) is 18.0 Å². The van der Waals surface area contributed by atoms with Crippen LogP contribution in [-0.2, 0) is 24.3 Å². The lowest BCUT2D eigenvalue weighted by Gasteiger charge is -2.24. The highest BCUT2D eigenvalue weighted by Crippen LogP contribution is 2.25. The molecule has 1 amide bonds. The van der Waals surface area contributed by atoms with Gasteiger partial charge in [-0.15, -0.1) is 0 Å². The fourth-order valence-corrected chi connectivity index (χ4v) is 4.64. The Morgan fingerprint density at radius 3 is 2.13 bits per heavy atom. The Bertz CT molecular complexity index is 1360. The maximum Gasteiger partial charge on any atom is 0.343 e. The first-order valence-electron chi connectivity index (χ1n) is 11.7. The van der Waals surface area contributed by atoms with Crippen LogP contribution in [0.1, 0.15) is 18.1 Å². The summed E-state index contributed by atoms with van der Waals surface area (Å²) in [6, 6.07) is 19.5. The molecule has 0 radical (unpaired) electrons. The standard InChI is InChI=1S/C27H29N3O7S/c1-4-36-23-13-15-25(16-14-23)38(33,34)30(22-9-5-20(2)6-10-22)18-26(31)29-28-17-21-7-11-24(12-8-21)37-19-27(32)35-3/h5-17H,4,18-19H2,1-3H3,(H,29,31)/b28-17-. The monoisotopic (exact) mass is 539 g/mol. The number of benzene rings is 3. The van der Waals surface area contributed by atoms with Crippen LogP contribution in [0.3, 0.4) is 0 Å². The third-order valence-corrected chi connectivity index (χ3v) is 6.99. The van der Waals surface area contributed by atoms with E-state index in [0.29, 0.717) is 29.4 Å². The molecule has 0 aliphatic carbocycles. The molecule has 11 heteroatoms. The molecule has 0 saturated carbocycles. The molecule has 0 aromatic heterocycles. The predicted octanol–water partition coefficient (Wildman–Crippen LogP) is 3.29. The number of hydrogen-bond acceptors (Lipinski definition) is 8. The Balaban J connectivity index is 1.71. The number of sulfonamides is 1. The second kappa shape index (κ2) is 13.2. The van der Waals surface area contributed by atoms with Crippen LogP contribution in [0.2, 0.25) is 0 Å². The maximum absolute atomic E-state index is 13.5. The van der Waals surface area contributed by atoms with Gasteiger partial charge in [0.2, 0.25) is 0 Å². The molecule has 3 rings (SSSR count). The Labute approximate surface area is 221 Å². The molecule has 0 aliphatic rings. The number of hydrazone groups is 1. The number of methoxy groups -OCH3 is 1. The first-order chi connectivity index (χ1) is 18.2. The minimum atomic E-state index is -4.07. The summed E-state index contributed by atoms with van der Waals surface area (Å²) in [4.78, 5) is 23.9. The first-order valence-corrected chi connectivity index (χ1v) is 13.1. The molecule has 0 atom stereocenters. The molecule has 0 heterocycles. The van der Waals surface area contributed by atoms with Crippen molar-refractivity contribution in [3.63, 3.8) is 0 Å². The Kier molecular flexibility index (Phi) is 9.83. The molecule has 3 aromatic carbocycles. The number of anilines is 1. The van der Waals surface area contributed by atoms with Gasteiger partial charge in [0.25, 0.3) is 15.9 Å². The summed E-state index contributed by atoms with van der Waals surface area (Å²) in [5.41, 5.74) is 4.30. The minimum Gasteiger partial charge on any atom is -0.494 e. The Morgan fingerprint density at radius 1 is 0.921 bits per heavy atom. The first kappa shape index (κ1) is 28.2. The van der Waals surface area contributed by atoms with Crippen molar-refractivity contribution in [3.8, 4) is 11.5 Å². The normalized spacial score (nSPS) is 11.1. The number of amides is 1. The number of nitrogens with one attached hydrogen (secondary N) is 1. The van der Waals surface area contributed by atoms with Gasteiger partial charge in [-0.05, 0) is 80.1 Å². The van der Waals surface area contributed by atoms with Crippen LogP contribution in [0.5, 0.6) is 11.5 Å². The van der Waals surface area contributed by atoms with Crippen LogP contribution in [0, 0.1) is 6.92 Å². The quantitative estimate of drug-likeness (QED) is 0.213. The third kappa shape index (κ3) is 7.81. The van der Waals surface area contributed by atoms with Crippen LogP contribution in [-0.4, -0.2) is 53.4 Å². The van der Waals surface area contributed by atoms with Crippen molar-refractivity contribution in [1.82, 2.24) is 5.43 Å². The molecule has 0 spiro atoms. The highest BCUT2D eigenvalue weighted by Gasteiger charge is 2.27. The van der Waals surface area contributed by atoms with Gasteiger partial charge in [-0.25, -0.2) is 18.6 Å². The van der Waals surface area contributed by atoms with Gasteiger partial charge in [-0.3, -0.25) is 9.10 Å². The maximum atomic E-state index is 13.5. The number of esters is 1. The lowest BCUT2D eigenvalue weighted by Crippen LogP contribution is -2.39. The summed E-state index contributed by atoms with van der Waals surface area (Å²) in [7, 11) is -2.80. The van der Waals surface area contributed by atoms with Crippen molar-refractivity contribution in [2.24, 2.45) is 5.10 Å². The largest absolute Gasteiger partial charge is 0.494 e. The van der Waals surface area contributed by atoms with Gasteiger partial charge in [0.15, 0.2) is 6.61 Å². The van der Waals surface area contributed by atoms with E-state index < -0.39 is 28.4 Å². The number of ether oxygens (including phenoxy) is 3. The highest BCUT2D eigenvalue weighted by atomic mass is 32.2. The number of rotatable bonds is 12. The minimum absolute atomic E-state index is 0.0207. The van der Waals surface area contributed by atoms with Crippen LogP contribution < -0.4 is 19.2 Å². The van der Waals surface area contributed by atoms with Crippen molar-refractivity contribution < 1.29 is 32.2 Å². The number of carbonyl (C=O) groups excluding carboxylic acids is 2. The topological polar surface area (TPSA) is 124 Å². The average molecular weight is 540 g/mol. The second-order valence-corrected chi connectivity index (χ2v) is 9.84. The molecule has 1 N–H and O–H groups in total. The molecule has 38 heavy (non-hydrogen) atoms. The van der Waals surface area contributed by atoms with Crippen molar-refractivity contribution >= 4 is 33.8 Å². The van der Waals surface area contributed by atoms with Crippen molar-refractivity contribution in [2.45, 2.75) is 18.7 Å². The zero-order valence-corrected chi connectivity index (χ0v) is 22.1. The molecule has 0 saturated heterocycles. The van der Waals surface area contributed by atoms with Crippen LogP contribution in [0.4, 0.5) is 5.69 Å². The van der Waals surface area contributed by atoms with Gasteiger partial charge >= 0.3 is 5.97 Å². The second-order valence-electron chi connectivity index (χ2n) is 7.98. The highest BCUT2D eigenvalue weighted by molar-refractivity contribution is 7.92. The molecule has 10 nitrogen and oxygen atoms in total. The molecule has 0 unspecified atom stereocenters. The van der Waals surface area contributed by atoms with E-state index >= 15 is 0 Å². The lowest BCUT2D eigenvalue weighted by atomic mass is 10.2. The van der Waals surface area contributed by atoms with E-state index in [0.717, 1.165) is 9.87 Å². The molecule has 3 aromatic rings. The van der Waals surface area contributed by atoms with Gasteiger partial charge < -0.3 is 14.2 Å². The zero-order chi connectivity index (χ0) is 27.5. The van der Waals surface area contributed by atoms with Crippen molar-refractivity contribution in [2.75, 3.05) is 31.2 Å². The summed E-state index contributed by atoms with van der Waals surface area (Å²) in [5.74, 6) is -0.120. The summed E-state index contributed by atoms with van der Waals surface area (Å²) in [6.45, 7) is 3.47. The fourth-order valence-electron chi connectivity index (χ4n) is 3.22. The van der Waals surface area contributed by atoms with E-state index in [9.17, 15) is 18.0 Å². The summed E-state index contributed by atoms with van der Waals surface area (Å²) < 4.78 is 43.2. The van der Waals surface area contributed by atoms with E-state index in [1.54, 1.807) is 60.7 Å². The van der Waals surface area contributed by atoms with Gasteiger partial charge in [-0.2, -0.15) is 5.10 Å². The van der Waals surface area contributed by atoms with Crippen molar-refractivity contribution in [1.29, 1.82) is 0 Å². The van der Waals surface area contributed by atoms with E-state index in [1.807, 2.05) is 13.8 Å². The molecule has 0 bridgehead atoms. The average Bonchev–Trinajstić information content (AvgIpc) is 2.92. The summed E-state index contributed by atoms with van der Waals surface area (Å²) in [5, 5.41) is 3.93. The number of hydrogen-bond donors (Lipinski definition) is 1. The van der Waals surface area contributed by atoms with Gasteiger partial charge in [0.05, 0.1) is 30.5 Å². The fraction of sp³-hybridized carbons (Fsp3) is 0.222. The van der Waals surface area contributed by atoms with E-state index in [-0.39, 0.29) is 11.5 Å². The third-order valence-electron chi connectivity index (χ3n) is 5.20. The molecular weight excluding hydrogens is 510 g/mol. The zero-order valence-electron chi connectivity index (χ0n) is 21.3. The smallest absolute Gasteiger partial charge is 0.343 e. The summed E-state index contributed by atoms with van der Waals surface area (Å²) >= 11 is 0. The van der Waals surface area contributed by atoms with Crippen LogP contribution in [0.15, 0.2) is 82.8 Å². The van der Waals surface area contributed by atoms with Crippen molar-refractivity contribution in [3.05, 3.63) is 83.9 Å².